The van der Waals surface area contributed by atoms with E-state index in [4.69, 9.17) is 21.3 Å². The van der Waals surface area contributed by atoms with E-state index < -0.39 is 5.38 Å². The van der Waals surface area contributed by atoms with Gasteiger partial charge in [-0.1, -0.05) is 11.6 Å². The summed E-state index contributed by atoms with van der Waals surface area (Å²) < 4.78 is 4.85. The van der Waals surface area contributed by atoms with Crippen LogP contribution in [-0.4, -0.2) is 4.98 Å². The highest BCUT2D eigenvalue weighted by Gasteiger charge is 2.13. The zero-order valence-electron chi connectivity index (χ0n) is 5.34. The van der Waals surface area contributed by atoms with Crippen LogP contribution >= 0.6 is 11.6 Å². The first-order valence-corrected chi connectivity index (χ1v) is 3.13. The number of hydrogen-bond acceptors (Lipinski definition) is 3. The first kappa shape index (κ1) is 7.10. The van der Waals surface area contributed by atoms with E-state index >= 15 is 0 Å². The average Bonchev–Trinajstić information content (AvgIpc) is 2.34. The van der Waals surface area contributed by atoms with Gasteiger partial charge in [0.25, 0.3) is 0 Å². The van der Waals surface area contributed by atoms with Gasteiger partial charge in [0, 0.05) is 0 Å². The zero-order chi connectivity index (χ0) is 7.56. The van der Waals surface area contributed by atoms with Crippen molar-refractivity contribution in [2.24, 2.45) is 0 Å². The van der Waals surface area contributed by atoms with Crippen LogP contribution in [0.2, 0.25) is 0 Å². The van der Waals surface area contributed by atoms with Gasteiger partial charge in [0.2, 0.25) is 0 Å². The van der Waals surface area contributed by atoms with Crippen LogP contribution in [-0.2, 0) is 0 Å². The van der Waals surface area contributed by atoms with Gasteiger partial charge in [0.05, 0.1) is 11.8 Å². The van der Waals surface area contributed by atoms with E-state index in [1.165, 1.54) is 6.39 Å². The number of hydrogen-bond donors (Lipinski definition) is 0. The van der Waals surface area contributed by atoms with Gasteiger partial charge in [-0.25, -0.2) is 4.98 Å². The van der Waals surface area contributed by atoms with Gasteiger partial charge < -0.3 is 4.42 Å². The van der Waals surface area contributed by atoms with Gasteiger partial charge in [-0.2, -0.15) is 5.26 Å². The van der Waals surface area contributed by atoms with Crippen LogP contribution in [0.1, 0.15) is 16.8 Å². The smallest absolute Gasteiger partial charge is 0.181 e. The number of oxazole rings is 1. The van der Waals surface area contributed by atoms with Crippen LogP contribution in [0.15, 0.2) is 10.8 Å². The molecule has 1 aromatic heterocycles. The summed E-state index contributed by atoms with van der Waals surface area (Å²) in [7, 11) is 0. The second-order valence-corrected chi connectivity index (χ2v) is 2.23. The maximum Gasteiger partial charge on any atom is 0.181 e. The number of aryl methyl sites for hydroxylation is 1. The molecule has 0 saturated carbocycles. The quantitative estimate of drug-likeness (QED) is 0.583. The Morgan fingerprint density at radius 1 is 1.90 bits per heavy atom. The van der Waals surface area contributed by atoms with Crippen molar-refractivity contribution in [3.8, 4) is 6.07 Å². The van der Waals surface area contributed by atoms with Crippen LogP contribution in [0.3, 0.4) is 0 Å². The SMILES string of the molecule is Cc1ncoc1C(Cl)C#N. The summed E-state index contributed by atoms with van der Waals surface area (Å²) in [4.78, 5) is 3.78. The van der Waals surface area contributed by atoms with Crippen LogP contribution in [0.4, 0.5) is 0 Å². The molecule has 0 bridgehead atoms. The predicted octanol–water partition coefficient (Wildman–Crippen LogP) is 1.79. The molecular weight excluding hydrogens is 152 g/mol. The van der Waals surface area contributed by atoms with E-state index in [0.717, 1.165) is 0 Å². The highest BCUT2D eigenvalue weighted by molar-refractivity contribution is 6.22. The topological polar surface area (TPSA) is 49.8 Å². The fraction of sp³-hybridized carbons (Fsp3) is 0.333. The predicted molar refractivity (Wildman–Crippen MR) is 35.4 cm³/mol. The molecule has 0 aliphatic rings. The van der Waals surface area contributed by atoms with Crippen LogP contribution in [0, 0.1) is 18.3 Å². The Labute approximate surface area is 63.2 Å². The van der Waals surface area contributed by atoms with Crippen molar-refractivity contribution >= 4 is 11.6 Å². The molecular formula is C6H5ClN2O. The number of aromatic nitrogens is 1. The average molecular weight is 157 g/mol. The summed E-state index contributed by atoms with van der Waals surface area (Å²) in [5.74, 6) is 0.434. The minimum Gasteiger partial charge on any atom is -0.445 e. The van der Waals surface area contributed by atoms with Gasteiger partial charge in [-0.05, 0) is 6.92 Å². The van der Waals surface area contributed by atoms with Crippen molar-refractivity contribution < 1.29 is 4.42 Å². The molecule has 0 radical (unpaired) electrons. The first-order chi connectivity index (χ1) is 4.75. The maximum atomic E-state index is 8.36. The Morgan fingerprint density at radius 3 is 3.00 bits per heavy atom. The lowest BCUT2D eigenvalue weighted by Gasteiger charge is -1.92. The third-order valence-corrected chi connectivity index (χ3v) is 1.42. The van der Waals surface area contributed by atoms with E-state index in [1.54, 1.807) is 6.92 Å². The molecule has 3 nitrogen and oxygen atoms in total. The molecule has 52 valence electrons. The van der Waals surface area contributed by atoms with E-state index in [2.05, 4.69) is 4.98 Å². The minimum absolute atomic E-state index is 0.434. The summed E-state index contributed by atoms with van der Waals surface area (Å²) in [6, 6.07) is 1.84. The molecule has 0 saturated heterocycles. The van der Waals surface area contributed by atoms with Crippen molar-refractivity contribution in [1.82, 2.24) is 4.98 Å². The molecule has 0 aromatic carbocycles. The highest BCUT2D eigenvalue weighted by atomic mass is 35.5. The Morgan fingerprint density at radius 2 is 2.60 bits per heavy atom. The molecule has 0 N–H and O–H groups in total. The monoisotopic (exact) mass is 156 g/mol. The fourth-order valence-corrected chi connectivity index (χ4v) is 0.822. The van der Waals surface area contributed by atoms with Crippen LogP contribution < -0.4 is 0 Å². The van der Waals surface area contributed by atoms with Crippen LogP contribution in [0.5, 0.6) is 0 Å². The van der Waals surface area contributed by atoms with Crippen molar-refractivity contribution in [3.05, 3.63) is 17.8 Å². The van der Waals surface area contributed by atoms with Crippen molar-refractivity contribution in [1.29, 1.82) is 5.26 Å². The molecule has 0 aliphatic heterocycles. The van der Waals surface area contributed by atoms with Crippen LogP contribution in [0.25, 0.3) is 0 Å². The lowest BCUT2D eigenvalue weighted by atomic mass is 10.3. The number of alkyl halides is 1. The zero-order valence-corrected chi connectivity index (χ0v) is 6.09. The second-order valence-electron chi connectivity index (χ2n) is 1.79. The molecule has 10 heavy (non-hydrogen) atoms. The number of rotatable bonds is 1. The lowest BCUT2D eigenvalue weighted by Crippen LogP contribution is -1.85. The summed E-state index contributed by atoms with van der Waals surface area (Å²) in [5, 5.41) is 7.64. The molecule has 4 heteroatoms. The molecule has 0 spiro atoms. The number of nitriles is 1. The van der Waals surface area contributed by atoms with E-state index in [-0.39, 0.29) is 0 Å². The first-order valence-electron chi connectivity index (χ1n) is 2.69. The van der Waals surface area contributed by atoms with Crippen molar-refractivity contribution in [2.75, 3.05) is 0 Å². The standard InChI is InChI=1S/C6H5ClN2O/c1-4-6(5(7)2-8)10-3-9-4/h3,5H,1H3. The lowest BCUT2D eigenvalue weighted by molar-refractivity contribution is 0.512. The molecule has 1 heterocycles. The fourth-order valence-electron chi connectivity index (χ4n) is 0.613. The summed E-state index contributed by atoms with van der Waals surface area (Å²) in [6.07, 6.45) is 1.28. The Bertz CT molecular complexity index is 263. The third kappa shape index (κ3) is 1.12. The molecule has 1 aromatic rings. The van der Waals surface area contributed by atoms with E-state index in [1.807, 2.05) is 6.07 Å². The molecule has 1 unspecified atom stereocenters. The van der Waals surface area contributed by atoms with Crippen molar-refractivity contribution in [3.63, 3.8) is 0 Å². The second kappa shape index (κ2) is 2.72. The number of nitrogens with zero attached hydrogens (tertiary/aromatic N) is 2. The van der Waals surface area contributed by atoms with Gasteiger partial charge in [0.1, 0.15) is 0 Å². The summed E-state index contributed by atoms with van der Waals surface area (Å²) in [5.41, 5.74) is 0.668. The molecule has 0 fully saturated rings. The van der Waals surface area contributed by atoms with Gasteiger partial charge >= 0.3 is 0 Å². The molecule has 0 amide bonds. The molecule has 1 atom stereocenters. The van der Waals surface area contributed by atoms with Gasteiger partial charge in [-0.3, -0.25) is 0 Å². The molecule has 0 aliphatic carbocycles. The van der Waals surface area contributed by atoms with Gasteiger partial charge in [0.15, 0.2) is 17.5 Å². The summed E-state index contributed by atoms with van der Waals surface area (Å²) >= 11 is 5.54. The van der Waals surface area contributed by atoms with E-state index in [0.29, 0.717) is 11.5 Å². The molecule has 1 rings (SSSR count). The Balaban J connectivity index is 2.96. The normalized spacial score (nSPS) is 12.5. The third-order valence-electron chi connectivity index (χ3n) is 1.13. The highest BCUT2D eigenvalue weighted by Crippen LogP contribution is 2.21. The Kier molecular flexibility index (Phi) is 1.93. The summed E-state index contributed by atoms with van der Waals surface area (Å²) in [6.45, 7) is 1.74. The Hall–Kier alpha value is -1.01. The minimum atomic E-state index is -0.720. The number of halogens is 1. The van der Waals surface area contributed by atoms with Crippen molar-refractivity contribution in [2.45, 2.75) is 12.3 Å². The largest absolute Gasteiger partial charge is 0.445 e. The van der Waals surface area contributed by atoms with E-state index in [9.17, 15) is 0 Å². The van der Waals surface area contributed by atoms with Gasteiger partial charge in [-0.15, -0.1) is 0 Å². The maximum absolute atomic E-state index is 8.36.